The van der Waals surface area contributed by atoms with Crippen molar-refractivity contribution in [3.05, 3.63) is 23.4 Å². The van der Waals surface area contributed by atoms with Crippen molar-refractivity contribution < 1.29 is 10.2 Å². The van der Waals surface area contributed by atoms with Crippen LogP contribution in [0.5, 0.6) is 0 Å². The zero-order chi connectivity index (χ0) is 13.9. The molecule has 1 saturated heterocycles. The number of pyridine rings is 1. The summed E-state index contributed by atoms with van der Waals surface area (Å²) >= 11 is 5.85. The minimum Gasteiger partial charge on any atom is -0.396 e. The number of rotatable bonds is 4. The van der Waals surface area contributed by atoms with Crippen LogP contribution >= 0.6 is 11.6 Å². The first-order valence-corrected chi connectivity index (χ1v) is 7.14. The summed E-state index contributed by atoms with van der Waals surface area (Å²) in [7, 11) is 0. The van der Waals surface area contributed by atoms with E-state index in [2.05, 4.69) is 16.8 Å². The van der Waals surface area contributed by atoms with Gasteiger partial charge < -0.3 is 15.1 Å². The van der Waals surface area contributed by atoms with Crippen LogP contribution in [-0.4, -0.2) is 41.0 Å². The van der Waals surface area contributed by atoms with E-state index in [-0.39, 0.29) is 6.61 Å². The largest absolute Gasteiger partial charge is 0.396 e. The fraction of sp³-hybridized carbons (Fsp3) is 0.643. The van der Waals surface area contributed by atoms with E-state index >= 15 is 0 Å². The van der Waals surface area contributed by atoms with Gasteiger partial charge in [0.1, 0.15) is 5.82 Å². The zero-order valence-electron chi connectivity index (χ0n) is 11.2. The van der Waals surface area contributed by atoms with E-state index in [1.165, 1.54) is 0 Å². The van der Waals surface area contributed by atoms with Crippen LogP contribution in [0.25, 0.3) is 0 Å². The van der Waals surface area contributed by atoms with E-state index in [0.717, 1.165) is 25.2 Å². The van der Waals surface area contributed by atoms with Crippen molar-refractivity contribution in [3.63, 3.8) is 0 Å². The number of hydrogen-bond acceptors (Lipinski definition) is 4. The Bertz CT molecular complexity index is 412. The van der Waals surface area contributed by atoms with Crippen LogP contribution in [0.2, 0.25) is 5.02 Å². The Morgan fingerprint density at radius 3 is 2.89 bits per heavy atom. The van der Waals surface area contributed by atoms with Gasteiger partial charge >= 0.3 is 0 Å². The van der Waals surface area contributed by atoms with E-state index in [4.69, 9.17) is 11.6 Å². The number of anilines is 1. The predicted octanol–water partition coefficient (Wildman–Crippen LogP) is 2.08. The second-order valence-electron chi connectivity index (χ2n) is 5.33. The van der Waals surface area contributed by atoms with Crippen LogP contribution in [0.3, 0.4) is 0 Å². The van der Waals surface area contributed by atoms with Gasteiger partial charge in [-0.2, -0.15) is 0 Å². The first-order chi connectivity index (χ1) is 9.11. The average molecular weight is 285 g/mol. The van der Waals surface area contributed by atoms with Crippen molar-refractivity contribution in [2.24, 2.45) is 5.41 Å². The molecule has 1 aromatic rings. The van der Waals surface area contributed by atoms with Crippen LogP contribution in [0, 0.1) is 5.41 Å². The normalized spacial score (nSPS) is 27.6. The van der Waals surface area contributed by atoms with Crippen molar-refractivity contribution in [2.45, 2.75) is 32.3 Å². The monoisotopic (exact) mass is 284 g/mol. The maximum Gasteiger partial charge on any atom is 0.128 e. The summed E-state index contributed by atoms with van der Waals surface area (Å²) in [6.45, 7) is 3.46. The molecule has 1 aliphatic rings. The summed E-state index contributed by atoms with van der Waals surface area (Å²) in [5.74, 6) is 0.852. The Labute approximate surface area is 119 Å². The lowest BCUT2D eigenvalue weighted by molar-refractivity contribution is -0.0353. The number of aliphatic hydroxyl groups excluding tert-OH is 2. The molecule has 1 aromatic heterocycles. The maximum atomic E-state index is 10.2. The number of nitrogens with zero attached hydrogens (tertiary/aromatic N) is 2. The van der Waals surface area contributed by atoms with Gasteiger partial charge in [0, 0.05) is 24.7 Å². The van der Waals surface area contributed by atoms with Crippen molar-refractivity contribution in [3.8, 4) is 0 Å². The average Bonchev–Trinajstić information content (AvgIpc) is 2.42. The lowest BCUT2D eigenvalue weighted by Crippen LogP contribution is -2.54. The van der Waals surface area contributed by atoms with Gasteiger partial charge in [-0.15, -0.1) is 0 Å². The third-order valence-corrected chi connectivity index (χ3v) is 4.21. The van der Waals surface area contributed by atoms with E-state index in [9.17, 15) is 10.2 Å². The van der Waals surface area contributed by atoms with Gasteiger partial charge in [0.15, 0.2) is 0 Å². The van der Waals surface area contributed by atoms with E-state index < -0.39 is 11.5 Å². The first kappa shape index (κ1) is 14.6. The molecule has 0 unspecified atom stereocenters. The van der Waals surface area contributed by atoms with Crippen LogP contribution in [-0.2, 0) is 0 Å². The topological polar surface area (TPSA) is 56.6 Å². The molecular formula is C14H21ClN2O2. The highest BCUT2D eigenvalue weighted by Crippen LogP contribution is 2.36. The maximum absolute atomic E-state index is 10.2. The summed E-state index contributed by atoms with van der Waals surface area (Å²) < 4.78 is 0. The highest BCUT2D eigenvalue weighted by Gasteiger charge is 2.41. The predicted molar refractivity (Wildman–Crippen MR) is 76.5 cm³/mol. The molecule has 0 spiro atoms. The first-order valence-electron chi connectivity index (χ1n) is 6.77. The molecule has 2 heterocycles. The Balaban J connectivity index is 2.18. The Hall–Kier alpha value is -0.840. The molecule has 2 rings (SSSR count). The van der Waals surface area contributed by atoms with Gasteiger partial charge in [0.05, 0.1) is 17.7 Å². The molecule has 0 aliphatic carbocycles. The van der Waals surface area contributed by atoms with E-state index in [1.54, 1.807) is 6.20 Å². The molecule has 0 aromatic carbocycles. The molecule has 0 bridgehead atoms. The minimum atomic E-state index is -0.444. The van der Waals surface area contributed by atoms with Crippen molar-refractivity contribution in [1.29, 1.82) is 0 Å². The second kappa shape index (κ2) is 6.07. The molecule has 2 N–H and O–H groups in total. The highest BCUT2D eigenvalue weighted by atomic mass is 35.5. The van der Waals surface area contributed by atoms with Crippen molar-refractivity contribution in [2.75, 3.05) is 24.6 Å². The lowest BCUT2D eigenvalue weighted by Gasteiger charge is -2.45. The fourth-order valence-corrected chi connectivity index (χ4v) is 2.99. The smallest absolute Gasteiger partial charge is 0.128 e. The van der Waals surface area contributed by atoms with Crippen LogP contribution in [0.15, 0.2) is 18.3 Å². The Morgan fingerprint density at radius 2 is 2.32 bits per heavy atom. The molecule has 0 radical (unpaired) electrons. The van der Waals surface area contributed by atoms with Gasteiger partial charge in [-0.3, -0.25) is 0 Å². The van der Waals surface area contributed by atoms with Gasteiger partial charge in [-0.05, 0) is 25.0 Å². The number of hydrogen-bond donors (Lipinski definition) is 2. The van der Waals surface area contributed by atoms with Gasteiger partial charge in [-0.1, -0.05) is 24.9 Å². The highest BCUT2D eigenvalue weighted by molar-refractivity contribution is 6.30. The quantitative estimate of drug-likeness (QED) is 0.889. The van der Waals surface area contributed by atoms with Gasteiger partial charge in [0.2, 0.25) is 0 Å². The van der Waals surface area contributed by atoms with Crippen LogP contribution in [0.1, 0.15) is 26.2 Å². The molecule has 106 valence electrons. The number of aromatic nitrogens is 1. The summed E-state index contributed by atoms with van der Waals surface area (Å²) in [5, 5.41) is 20.6. The zero-order valence-corrected chi connectivity index (χ0v) is 12.0. The summed E-state index contributed by atoms with van der Waals surface area (Å²) in [6, 6.07) is 3.70. The number of halogens is 1. The van der Waals surface area contributed by atoms with E-state index in [0.29, 0.717) is 18.0 Å². The molecule has 0 amide bonds. The minimum absolute atomic E-state index is 0.00605. The lowest BCUT2D eigenvalue weighted by atomic mass is 9.74. The van der Waals surface area contributed by atoms with E-state index in [1.807, 2.05) is 12.1 Å². The summed E-state index contributed by atoms with van der Waals surface area (Å²) in [5.41, 5.74) is -0.436. The summed E-state index contributed by atoms with van der Waals surface area (Å²) in [4.78, 5) is 6.44. The number of piperidine rings is 1. The van der Waals surface area contributed by atoms with Crippen LogP contribution in [0.4, 0.5) is 5.82 Å². The van der Waals surface area contributed by atoms with Crippen molar-refractivity contribution >= 4 is 17.4 Å². The fourth-order valence-electron chi connectivity index (χ4n) is 2.88. The number of aliphatic hydroxyl groups is 2. The second-order valence-corrected chi connectivity index (χ2v) is 5.77. The molecule has 0 saturated carbocycles. The third kappa shape index (κ3) is 3.02. The molecule has 19 heavy (non-hydrogen) atoms. The molecule has 1 fully saturated rings. The Kier molecular flexibility index (Phi) is 4.66. The summed E-state index contributed by atoms with van der Waals surface area (Å²) in [6.07, 6.45) is 3.60. The standard InChI is InChI=1S/C14H21ClN2O2/c1-2-6-14(10-18)9-17(7-5-12(14)19)13-4-3-11(15)8-16-13/h3-4,8,12,18-19H,2,5-7,9-10H2,1H3/t12-,14-/m0/s1. The molecule has 1 aliphatic heterocycles. The SMILES string of the molecule is CCC[C@@]1(CO)CN(c2ccc(Cl)cn2)CC[C@@H]1O. The third-order valence-electron chi connectivity index (χ3n) is 3.98. The molecule has 5 heteroatoms. The van der Waals surface area contributed by atoms with Crippen LogP contribution < -0.4 is 4.90 Å². The molecule has 2 atom stereocenters. The molecular weight excluding hydrogens is 264 g/mol. The van der Waals surface area contributed by atoms with Crippen molar-refractivity contribution in [1.82, 2.24) is 4.98 Å². The Morgan fingerprint density at radius 1 is 1.53 bits per heavy atom. The van der Waals surface area contributed by atoms with Gasteiger partial charge in [-0.25, -0.2) is 4.98 Å². The van der Waals surface area contributed by atoms with Gasteiger partial charge in [0.25, 0.3) is 0 Å². The molecule has 4 nitrogen and oxygen atoms in total.